The first-order chi connectivity index (χ1) is 10.4. The highest BCUT2D eigenvalue weighted by Crippen LogP contribution is 2.18. The van der Waals surface area contributed by atoms with Gasteiger partial charge in [-0.05, 0) is 36.4 Å². The molecule has 2 aromatic carbocycles. The molecule has 0 bridgehead atoms. The molecule has 0 aliphatic heterocycles. The van der Waals surface area contributed by atoms with Gasteiger partial charge in [-0.15, -0.1) is 11.8 Å². The average molecular weight is 357 g/mol. The summed E-state index contributed by atoms with van der Waals surface area (Å²) in [7, 11) is -3.73. The minimum Gasteiger partial charge on any atom is -0.307 e. The fourth-order valence-corrected chi connectivity index (χ4v) is 3.73. The Morgan fingerprint density at radius 3 is 2.32 bits per heavy atom. The van der Waals surface area contributed by atoms with Gasteiger partial charge in [0.25, 0.3) is 0 Å². The van der Waals surface area contributed by atoms with Gasteiger partial charge in [-0.25, -0.2) is 17.9 Å². The molecule has 0 saturated carbocycles. The monoisotopic (exact) mass is 356 g/mol. The number of rotatable bonds is 5. The fourth-order valence-electron chi connectivity index (χ4n) is 1.52. The third-order valence-electron chi connectivity index (χ3n) is 2.47. The Bertz CT molecular complexity index is 734. The van der Waals surface area contributed by atoms with E-state index in [1.165, 1.54) is 0 Å². The smallest absolute Gasteiger partial charge is 0.307 e. The van der Waals surface area contributed by atoms with Crippen LogP contribution in [-0.4, -0.2) is 19.5 Å². The maximum absolute atomic E-state index is 11.8. The second-order valence-corrected chi connectivity index (χ2v) is 7.83. The number of hydrogen-bond acceptors (Lipinski definition) is 4. The highest BCUT2D eigenvalue weighted by atomic mass is 35.5. The van der Waals surface area contributed by atoms with E-state index in [2.05, 4.69) is 5.32 Å². The number of amides is 2. The summed E-state index contributed by atoms with van der Waals surface area (Å²) in [4.78, 5) is 12.5. The van der Waals surface area contributed by atoms with Crippen LogP contribution in [0.15, 0.2) is 59.5 Å². The SMILES string of the molecule is O=C(Nc1ccc(Cl)cc1)NS(=O)(=O)CSc1ccccc1. The van der Waals surface area contributed by atoms with Crippen LogP contribution in [0.5, 0.6) is 0 Å². The molecular weight excluding hydrogens is 344 g/mol. The van der Waals surface area contributed by atoms with E-state index in [1.54, 1.807) is 36.4 Å². The molecule has 2 aromatic rings. The molecule has 0 fully saturated rings. The van der Waals surface area contributed by atoms with Crippen LogP contribution in [0.4, 0.5) is 10.5 Å². The number of benzene rings is 2. The zero-order chi connectivity index (χ0) is 16.0. The molecule has 0 heterocycles. The Morgan fingerprint density at radius 1 is 1.05 bits per heavy atom. The number of anilines is 1. The minimum absolute atomic E-state index is 0.245. The number of nitrogens with one attached hydrogen (secondary N) is 2. The highest BCUT2D eigenvalue weighted by Gasteiger charge is 2.15. The normalized spacial score (nSPS) is 11.0. The van der Waals surface area contributed by atoms with Gasteiger partial charge in [-0.2, -0.15) is 0 Å². The molecule has 2 N–H and O–H groups in total. The third kappa shape index (κ3) is 5.59. The van der Waals surface area contributed by atoms with Gasteiger partial charge in [0.1, 0.15) is 5.08 Å². The Balaban J connectivity index is 1.88. The van der Waals surface area contributed by atoms with Gasteiger partial charge in [0.15, 0.2) is 0 Å². The molecule has 0 aliphatic rings. The molecule has 2 amide bonds. The Hall–Kier alpha value is -1.70. The van der Waals surface area contributed by atoms with Gasteiger partial charge in [-0.3, -0.25) is 0 Å². The Kier molecular flexibility index (Phi) is 5.70. The predicted octanol–water partition coefficient (Wildman–Crippen LogP) is 3.54. The van der Waals surface area contributed by atoms with Gasteiger partial charge < -0.3 is 5.32 Å². The number of sulfonamides is 1. The van der Waals surface area contributed by atoms with Gasteiger partial charge in [0.2, 0.25) is 10.0 Å². The van der Waals surface area contributed by atoms with E-state index in [0.29, 0.717) is 10.7 Å². The number of halogens is 1. The lowest BCUT2D eigenvalue weighted by atomic mass is 10.3. The zero-order valence-electron chi connectivity index (χ0n) is 11.3. The van der Waals surface area contributed by atoms with Crippen molar-refractivity contribution in [3.63, 3.8) is 0 Å². The first-order valence-electron chi connectivity index (χ1n) is 6.19. The van der Waals surface area contributed by atoms with Gasteiger partial charge in [0, 0.05) is 15.6 Å². The van der Waals surface area contributed by atoms with E-state index in [1.807, 2.05) is 22.9 Å². The number of urea groups is 1. The summed E-state index contributed by atoms with van der Waals surface area (Å²) in [5.41, 5.74) is 0.452. The molecule has 0 saturated heterocycles. The number of carbonyl (C=O) groups excluding carboxylic acids is 1. The van der Waals surface area contributed by atoms with Crippen LogP contribution in [0.3, 0.4) is 0 Å². The van der Waals surface area contributed by atoms with Crippen molar-refractivity contribution in [1.82, 2.24) is 4.72 Å². The molecule has 0 radical (unpaired) electrons. The van der Waals surface area contributed by atoms with Crippen molar-refractivity contribution in [2.45, 2.75) is 4.90 Å². The first kappa shape index (κ1) is 16.7. The van der Waals surface area contributed by atoms with E-state index < -0.39 is 16.1 Å². The van der Waals surface area contributed by atoms with Gasteiger partial charge in [0.05, 0.1) is 0 Å². The summed E-state index contributed by atoms with van der Waals surface area (Å²) in [6.07, 6.45) is 0. The molecule has 0 aromatic heterocycles. The van der Waals surface area contributed by atoms with Crippen LogP contribution in [0.1, 0.15) is 0 Å². The molecule has 8 heteroatoms. The molecule has 0 aliphatic carbocycles. The van der Waals surface area contributed by atoms with Crippen molar-refractivity contribution in [3.05, 3.63) is 59.6 Å². The lowest BCUT2D eigenvalue weighted by molar-refractivity contribution is 0.256. The first-order valence-corrected chi connectivity index (χ1v) is 9.21. The zero-order valence-corrected chi connectivity index (χ0v) is 13.7. The summed E-state index contributed by atoms with van der Waals surface area (Å²) in [5, 5.41) is 2.71. The van der Waals surface area contributed by atoms with Crippen LogP contribution in [0, 0.1) is 0 Å². The second kappa shape index (κ2) is 7.53. The van der Waals surface area contributed by atoms with Crippen LogP contribution < -0.4 is 10.0 Å². The van der Waals surface area contributed by atoms with Crippen molar-refractivity contribution < 1.29 is 13.2 Å². The molecule has 22 heavy (non-hydrogen) atoms. The maximum Gasteiger partial charge on any atom is 0.332 e. The molecule has 0 unspecified atom stereocenters. The van der Waals surface area contributed by atoms with Crippen LogP contribution >= 0.6 is 23.4 Å². The van der Waals surface area contributed by atoms with Crippen LogP contribution in [-0.2, 0) is 10.0 Å². The van der Waals surface area contributed by atoms with Gasteiger partial charge >= 0.3 is 6.03 Å². The quantitative estimate of drug-likeness (QED) is 0.803. The topological polar surface area (TPSA) is 75.3 Å². The molecule has 0 atom stereocenters. The van der Waals surface area contributed by atoms with E-state index in [9.17, 15) is 13.2 Å². The van der Waals surface area contributed by atoms with E-state index in [-0.39, 0.29) is 5.08 Å². The highest BCUT2D eigenvalue weighted by molar-refractivity contribution is 8.12. The van der Waals surface area contributed by atoms with Crippen molar-refractivity contribution in [2.75, 3.05) is 10.4 Å². The summed E-state index contributed by atoms with van der Waals surface area (Å²) in [6.45, 7) is 0. The molecule has 116 valence electrons. The van der Waals surface area contributed by atoms with Crippen molar-refractivity contribution in [2.24, 2.45) is 0 Å². The largest absolute Gasteiger partial charge is 0.332 e. The number of thioether (sulfide) groups is 1. The number of carbonyl (C=O) groups is 1. The van der Waals surface area contributed by atoms with Crippen molar-refractivity contribution in [3.8, 4) is 0 Å². The second-order valence-electron chi connectivity index (χ2n) is 4.25. The van der Waals surface area contributed by atoms with E-state index in [4.69, 9.17) is 11.6 Å². The van der Waals surface area contributed by atoms with Gasteiger partial charge in [-0.1, -0.05) is 29.8 Å². The average Bonchev–Trinajstić information content (AvgIpc) is 2.48. The lowest BCUT2D eigenvalue weighted by Crippen LogP contribution is -2.35. The lowest BCUT2D eigenvalue weighted by Gasteiger charge is -2.08. The van der Waals surface area contributed by atoms with Crippen molar-refractivity contribution in [1.29, 1.82) is 0 Å². The predicted molar refractivity (Wildman–Crippen MR) is 89.7 cm³/mol. The van der Waals surface area contributed by atoms with E-state index >= 15 is 0 Å². The molecule has 2 rings (SSSR count). The summed E-state index contributed by atoms with van der Waals surface area (Å²) in [5.74, 6) is 0. The standard InChI is InChI=1S/C14H13ClN2O3S2/c15-11-6-8-12(9-7-11)16-14(18)17-22(19,20)10-21-13-4-2-1-3-5-13/h1-9H,10H2,(H2,16,17,18). The molecular formula is C14H13ClN2O3S2. The summed E-state index contributed by atoms with van der Waals surface area (Å²) in [6, 6.07) is 14.6. The van der Waals surface area contributed by atoms with Crippen LogP contribution in [0.2, 0.25) is 5.02 Å². The maximum atomic E-state index is 11.8. The molecule has 0 spiro atoms. The Labute approximate surface area is 138 Å². The summed E-state index contributed by atoms with van der Waals surface area (Å²) < 4.78 is 25.6. The van der Waals surface area contributed by atoms with Crippen molar-refractivity contribution >= 4 is 45.1 Å². The molecule has 5 nitrogen and oxygen atoms in total. The summed E-state index contributed by atoms with van der Waals surface area (Å²) >= 11 is 6.86. The number of hydrogen-bond donors (Lipinski definition) is 2. The third-order valence-corrected chi connectivity index (χ3v) is 5.54. The van der Waals surface area contributed by atoms with Crippen LogP contribution in [0.25, 0.3) is 0 Å². The Morgan fingerprint density at radius 2 is 1.68 bits per heavy atom. The fraction of sp³-hybridized carbons (Fsp3) is 0.0714. The van der Waals surface area contributed by atoms with E-state index in [0.717, 1.165) is 16.7 Å². The minimum atomic E-state index is -3.73.